The number of rotatable bonds is 4. The molecule has 0 spiro atoms. The number of hydroxylamine groups is 1. The van der Waals surface area contributed by atoms with Gasteiger partial charge in [0.25, 0.3) is 15.9 Å². The van der Waals surface area contributed by atoms with E-state index in [2.05, 4.69) is 4.98 Å². The maximum Gasteiger partial charge on any atom is 0.279 e. The van der Waals surface area contributed by atoms with Gasteiger partial charge in [-0.1, -0.05) is 0 Å². The van der Waals surface area contributed by atoms with Gasteiger partial charge in [0.1, 0.15) is 0 Å². The first-order valence-corrected chi connectivity index (χ1v) is 8.10. The fraction of sp³-hybridized carbons (Fsp3) is 0.167. The van der Waals surface area contributed by atoms with Crippen LogP contribution in [-0.2, 0) is 14.8 Å². The van der Waals surface area contributed by atoms with Crippen LogP contribution in [-0.4, -0.2) is 28.5 Å². The van der Waals surface area contributed by atoms with Gasteiger partial charge >= 0.3 is 0 Å². The summed E-state index contributed by atoms with van der Waals surface area (Å²) < 4.78 is 26.2. The van der Waals surface area contributed by atoms with Gasteiger partial charge in [-0.2, -0.15) is 8.42 Å². The third kappa shape index (κ3) is 3.20. The summed E-state index contributed by atoms with van der Waals surface area (Å²) >= 11 is 1.11. The first-order valence-electron chi connectivity index (χ1n) is 5.84. The number of nitrogens with one attached hydrogen (secondary N) is 1. The van der Waals surface area contributed by atoms with E-state index in [4.69, 9.17) is 5.21 Å². The Kier molecular flexibility index (Phi) is 4.26. The number of aromatic nitrogens is 2. The lowest BCUT2D eigenvalue weighted by atomic mass is 10.3. The smallest absolute Gasteiger partial charge is 0.279 e. The Balaban J connectivity index is 2.35. The number of hydrogen-bond donors (Lipinski definition) is 2. The molecular weight excluding hydrogens is 314 g/mol. The van der Waals surface area contributed by atoms with Gasteiger partial charge < -0.3 is 0 Å². The van der Waals surface area contributed by atoms with Crippen molar-refractivity contribution in [1.29, 1.82) is 0 Å². The fourth-order valence-electron chi connectivity index (χ4n) is 1.70. The van der Waals surface area contributed by atoms with Crippen molar-refractivity contribution in [2.24, 2.45) is 0 Å². The zero-order valence-electron chi connectivity index (χ0n) is 11.3. The minimum Gasteiger partial charge on any atom is -0.288 e. The lowest BCUT2D eigenvalue weighted by molar-refractivity contribution is -0.124. The first-order chi connectivity index (χ1) is 9.84. The van der Waals surface area contributed by atoms with Crippen molar-refractivity contribution in [3.8, 4) is 0 Å². The molecule has 0 aromatic carbocycles. The van der Waals surface area contributed by atoms with E-state index in [1.54, 1.807) is 19.9 Å². The lowest BCUT2D eigenvalue weighted by Crippen LogP contribution is -2.14. The van der Waals surface area contributed by atoms with Crippen LogP contribution in [0.2, 0.25) is 0 Å². The Bertz CT molecular complexity index is 802. The summed E-state index contributed by atoms with van der Waals surface area (Å²) in [5.74, 6) is -0.695. The number of hydrogen-bond acceptors (Lipinski definition) is 6. The Labute approximate surface area is 125 Å². The van der Waals surface area contributed by atoms with Gasteiger partial charge in [0, 0.05) is 18.5 Å². The van der Waals surface area contributed by atoms with Crippen LogP contribution in [0.25, 0.3) is 6.08 Å². The van der Waals surface area contributed by atoms with E-state index < -0.39 is 15.9 Å². The number of carbonyl (C=O) groups is 1. The lowest BCUT2D eigenvalue weighted by Gasteiger charge is -2.02. The molecule has 7 nitrogen and oxygen atoms in total. The van der Waals surface area contributed by atoms with E-state index in [-0.39, 0.29) is 4.21 Å². The predicted octanol–water partition coefficient (Wildman–Crippen LogP) is 1.32. The molecule has 0 unspecified atom stereocenters. The van der Waals surface area contributed by atoms with Crippen LogP contribution >= 0.6 is 11.3 Å². The van der Waals surface area contributed by atoms with Crippen LogP contribution in [0.3, 0.4) is 0 Å². The van der Waals surface area contributed by atoms with Gasteiger partial charge in [-0.3, -0.25) is 10.0 Å². The summed E-state index contributed by atoms with van der Waals surface area (Å²) in [5, 5.41) is 9.05. The van der Waals surface area contributed by atoms with Gasteiger partial charge in [0.15, 0.2) is 4.21 Å². The Hall–Kier alpha value is -1.97. The number of aryl methyl sites for hydroxylation is 2. The van der Waals surface area contributed by atoms with Crippen molar-refractivity contribution in [3.63, 3.8) is 0 Å². The molecule has 9 heteroatoms. The molecule has 0 saturated heterocycles. The minimum atomic E-state index is -3.68. The SMILES string of the molecule is Cc1nc(C)c(S(=O)(=O)n2ccc(/C=C/C(=O)NO)c2)s1. The molecule has 0 bridgehead atoms. The van der Waals surface area contributed by atoms with Crippen LogP contribution in [0, 0.1) is 13.8 Å². The van der Waals surface area contributed by atoms with Crippen LogP contribution in [0.5, 0.6) is 0 Å². The molecule has 21 heavy (non-hydrogen) atoms. The highest BCUT2D eigenvalue weighted by Crippen LogP contribution is 2.25. The molecule has 1 amide bonds. The number of thiazole rings is 1. The second kappa shape index (κ2) is 5.80. The zero-order chi connectivity index (χ0) is 15.6. The quantitative estimate of drug-likeness (QED) is 0.501. The molecule has 0 aliphatic heterocycles. The second-order valence-electron chi connectivity index (χ2n) is 4.19. The van der Waals surface area contributed by atoms with Gasteiger partial charge in [-0.15, -0.1) is 11.3 Å². The molecule has 2 aromatic rings. The highest BCUT2D eigenvalue weighted by molar-refractivity contribution is 7.92. The maximum absolute atomic E-state index is 12.5. The summed E-state index contributed by atoms with van der Waals surface area (Å²) in [6.07, 6.45) is 5.25. The van der Waals surface area contributed by atoms with E-state index in [0.29, 0.717) is 16.3 Å². The van der Waals surface area contributed by atoms with E-state index >= 15 is 0 Å². The van der Waals surface area contributed by atoms with Crippen LogP contribution < -0.4 is 5.48 Å². The van der Waals surface area contributed by atoms with Crippen molar-refractivity contribution in [2.75, 3.05) is 0 Å². The van der Waals surface area contributed by atoms with Crippen molar-refractivity contribution >= 4 is 33.3 Å². The van der Waals surface area contributed by atoms with E-state index in [1.165, 1.54) is 23.9 Å². The second-order valence-corrected chi connectivity index (χ2v) is 7.44. The predicted molar refractivity (Wildman–Crippen MR) is 77.6 cm³/mol. The number of carbonyl (C=O) groups excluding carboxylic acids is 1. The van der Waals surface area contributed by atoms with E-state index in [1.807, 2.05) is 0 Å². The molecule has 2 N–H and O–H groups in total. The molecule has 0 radical (unpaired) electrons. The van der Waals surface area contributed by atoms with Crippen LogP contribution in [0.15, 0.2) is 28.7 Å². The molecule has 2 heterocycles. The Morgan fingerprint density at radius 2 is 2.19 bits per heavy atom. The average molecular weight is 327 g/mol. The summed E-state index contributed by atoms with van der Waals surface area (Å²) in [7, 11) is -3.68. The molecule has 0 atom stereocenters. The number of amides is 1. The molecule has 0 saturated carbocycles. The third-order valence-electron chi connectivity index (χ3n) is 2.60. The molecule has 0 aliphatic rings. The molecule has 2 rings (SSSR count). The standard InChI is InChI=1S/C12H13N3O4S2/c1-8-12(20-9(2)13-8)21(18,19)15-6-5-10(7-15)3-4-11(16)14-17/h3-7,17H,1-2H3,(H,14,16)/b4-3+. The minimum absolute atomic E-state index is 0.194. The van der Waals surface area contributed by atoms with Gasteiger partial charge in [-0.25, -0.2) is 14.4 Å². The highest BCUT2D eigenvalue weighted by atomic mass is 32.2. The monoisotopic (exact) mass is 327 g/mol. The van der Waals surface area contributed by atoms with E-state index in [9.17, 15) is 13.2 Å². The molecular formula is C12H13N3O4S2. The van der Waals surface area contributed by atoms with Crippen molar-refractivity contribution in [1.82, 2.24) is 14.4 Å². The summed E-state index contributed by atoms with van der Waals surface area (Å²) in [6.45, 7) is 3.39. The van der Waals surface area contributed by atoms with Crippen molar-refractivity contribution < 1.29 is 18.4 Å². The number of nitrogens with zero attached hydrogens (tertiary/aromatic N) is 2. The maximum atomic E-state index is 12.5. The molecule has 0 fully saturated rings. The largest absolute Gasteiger partial charge is 0.288 e. The van der Waals surface area contributed by atoms with Crippen LogP contribution in [0.4, 0.5) is 0 Å². The highest BCUT2D eigenvalue weighted by Gasteiger charge is 2.22. The van der Waals surface area contributed by atoms with Crippen molar-refractivity contribution in [2.45, 2.75) is 18.1 Å². The van der Waals surface area contributed by atoms with E-state index in [0.717, 1.165) is 21.4 Å². The average Bonchev–Trinajstić information content (AvgIpc) is 3.03. The first kappa shape index (κ1) is 15.4. The Morgan fingerprint density at radius 3 is 2.76 bits per heavy atom. The Morgan fingerprint density at radius 1 is 1.48 bits per heavy atom. The van der Waals surface area contributed by atoms with Gasteiger partial charge in [0.05, 0.1) is 10.7 Å². The van der Waals surface area contributed by atoms with Crippen molar-refractivity contribution in [3.05, 3.63) is 40.8 Å². The zero-order valence-corrected chi connectivity index (χ0v) is 12.9. The van der Waals surface area contributed by atoms with Crippen LogP contribution in [0.1, 0.15) is 16.3 Å². The molecule has 2 aromatic heterocycles. The summed E-state index contributed by atoms with van der Waals surface area (Å²) in [5.41, 5.74) is 2.43. The fourth-order valence-corrected chi connectivity index (χ4v) is 4.47. The third-order valence-corrected chi connectivity index (χ3v) is 5.90. The summed E-state index contributed by atoms with van der Waals surface area (Å²) in [6, 6.07) is 1.54. The summed E-state index contributed by atoms with van der Waals surface area (Å²) in [4.78, 5) is 15.0. The van der Waals surface area contributed by atoms with Gasteiger partial charge in [0.2, 0.25) is 0 Å². The molecule has 112 valence electrons. The topological polar surface area (TPSA) is 101 Å². The normalized spacial score (nSPS) is 12.0. The van der Waals surface area contributed by atoms with Gasteiger partial charge in [-0.05, 0) is 31.6 Å². The molecule has 0 aliphatic carbocycles.